The molecule has 0 atom stereocenters. The SMILES string of the molecule is COc1ccc(-c2nc3n(Cc4ccccc4F)c(C)c(-c4ccc5c(c4)OCO5)c(=O)n3c2CN(C)Cc2ccccc2)cc1. The Morgan fingerprint density at radius 1 is 0.891 bits per heavy atom. The van der Waals surface area contributed by atoms with Crippen molar-refractivity contribution in [2.45, 2.75) is 26.6 Å². The highest BCUT2D eigenvalue weighted by atomic mass is 19.1. The number of imidazole rings is 1. The van der Waals surface area contributed by atoms with Crippen LogP contribution >= 0.6 is 0 Å². The summed E-state index contributed by atoms with van der Waals surface area (Å²) in [5, 5.41) is 0. The molecule has 0 spiro atoms. The van der Waals surface area contributed by atoms with Crippen molar-refractivity contribution in [3.63, 3.8) is 0 Å². The highest BCUT2D eigenvalue weighted by molar-refractivity contribution is 5.72. The third kappa shape index (κ3) is 5.39. The van der Waals surface area contributed by atoms with Crippen molar-refractivity contribution >= 4 is 5.78 Å². The van der Waals surface area contributed by atoms with E-state index in [1.54, 1.807) is 23.6 Å². The lowest BCUT2D eigenvalue weighted by Gasteiger charge is -2.20. The second kappa shape index (κ2) is 12.2. The Hall–Kier alpha value is -5.41. The number of hydrogen-bond acceptors (Lipinski definition) is 6. The first-order valence-corrected chi connectivity index (χ1v) is 15.1. The normalized spacial score (nSPS) is 12.3. The van der Waals surface area contributed by atoms with Gasteiger partial charge in [-0.15, -0.1) is 0 Å². The summed E-state index contributed by atoms with van der Waals surface area (Å²) in [5.41, 5.74) is 5.49. The summed E-state index contributed by atoms with van der Waals surface area (Å²) in [6.45, 7) is 3.28. The molecule has 0 unspecified atom stereocenters. The van der Waals surface area contributed by atoms with Gasteiger partial charge in [0.25, 0.3) is 5.56 Å². The molecule has 0 radical (unpaired) electrons. The van der Waals surface area contributed by atoms with Crippen LogP contribution in [0.3, 0.4) is 0 Å². The molecule has 1 aliphatic heterocycles. The summed E-state index contributed by atoms with van der Waals surface area (Å²) in [6.07, 6.45) is 0. The maximum atomic E-state index is 15.1. The predicted molar refractivity (Wildman–Crippen MR) is 175 cm³/mol. The fourth-order valence-corrected chi connectivity index (χ4v) is 6.09. The fraction of sp³-hybridized carbons (Fsp3) is 0.189. The second-order valence-corrected chi connectivity index (χ2v) is 11.4. The highest BCUT2D eigenvalue weighted by Crippen LogP contribution is 2.37. The maximum absolute atomic E-state index is 15.1. The van der Waals surface area contributed by atoms with Crippen molar-refractivity contribution in [3.8, 4) is 39.6 Å². The van der Waals surface area contributed by atoms with E-state index in [1.165, 1.54) is 6.07 Å². The molecule has 0 amide bonds. The van der Waals surface area contributed by atoms with Crippen LogP contribution in [0.4, 0.5) is 4.39 Å². The molecule has 7 rings (SSSR count). The Morgan fingerprint density at radius 3 is 2.37 bits per heavy atom. The summed E-state index contributed by atoms with van der Waals surface area (Å²) in [4.78, 5) is 22.0. The van der Waals surface area contributed by atoms with Crippen LogP contribution in [0.1, 0.15) is 22.5 Å². The van der Waals surface area contributed by atoms with E-state index in [2.05, 4.69) is 17.0 Å². The first kappa shape index (κ1) is 29.3. The second-order valence-electron chi connectivity index (χ2n) is 11.4. The van der Waals surface area contributed by atoms with E-state index in [4.69, 9.17) is 19.2 Å². The van der Waals surface area contributed by atoms with Gasteiger partial charge in [0.2, 0.25) is 12.6 Å². The molecule has 0 N–H and O–H groups in total. The van der Waals surface area contributed by atoms with Crippen LogP contribution < -0.4 is 19.8 Å². The van der Waals surface area contributed by atoms with Crippen LogP contribution in [0.5, 0.6) is 17.2 Å². The average molecular weight is 617 g/mol. The van der Waals surface area contributed by atoms with Gasteiger partial charge in [0.1, 0.15) is 11.6 Å². The zero-order valence-electron chi connectivity index (χ0n) is 25.9. The van der Waals surface area contributed by atoms with Crippen molar-refractivity contribution in [2.24, 2.45) is 0 Å². The number of ether oxygens (including phenoxy) is 3. The van der Waals surface area contributed by atoms with Crippen LogP contribution in [0.25, 0.3) is 28.2 Å². The third-order valence-electron chi connectivity index (χ3n) is 8.41. The van der Waals surface area contributed by atoms with Gasteiger partial charge in [0, 0.05) is 29.9 Å². The molecule has 46 heavy (non-hydrogen) atoms. The van der Waals surface area contributed by atoms with E-state index in [0.717, 1.165) is 22.6 Å². The molecule has 8 nitrogen and oxygen atoms in total. The number of rotatable bonds is 9. The highest BCUT2D eigenvalue weighted by Gasteiger charge is 2.26. The van der Waals surface area contributed by atoms with Crippen molar-refractivity contribution < 1.29 is 18.6 Å². The Balaban J connectivity index is 1.48. The number of fused-ring (bicyclic) bond motifs is 2. The van der Waals surface area contributed by atoms with Gasteiger partial charge in [-0.1, -0.05) is 54.6 Å². The van der Waals surface area contributed by atoms with E-state index in [-0.39, 0.29) is 24.7 Å². The lowest BCUT2D eigenvalue weighted by Crippen LogP contribution is -2.27. The van der Waals surface area contributed by atoms with Crippen LogP contribution in [0, 0.1) is 12.7 Å². The van der Waals surface area contributed by atoms with Crippen LogP contribution in [-0.2, 0) is 19.6 Å². The quantitative estimate of drug-likeness (QED) is 0.180. The van der Waals surface area contributed by atoms with Gasteiger partial charge in [0.15, 0.2) is 11.5 Å². The van der Waals surface area contributed by atoms with Crippen molar-refractivity contribution in [3.05, 3.63) is 136 Å². The third-order valence-corrected chi connectivity index (χ3v) is 8.41. The lowest BCUT2D eigenvalue weighted by molar-refractivity contribution is 0.174. The minimum Gasteiger partial charge on any atom is -0.497 e. The molecule has 2 aromatic heterocycles. The number of nitrogens with zero attached hydrogens (tertiary/aromatic N) is 4. The van der Waals surface area contributed by atoms with Crippen LogP contribution in [0.2, 0.25) is 0 Å². The molecule has 0 aliphatic carbocycles. The van der Waals surface area contributed by atoms with Crippen molar-refractivity contribution in [1.29, 1.82) is 0 Å². The molecule has 1 aliphatic rings. The van der Waals surface area contributed by atoms with Gasteiger partial charge < -0.3 is 18.8 Å². The molecule has 0 fully saturated rings. The molecule has 232 valence electrons. The topological polar surface area (TPSA) is 70.2 Å². The summed E-state index contributed by atoms with van der Waals surface area (Å²) in [7, 11) is 3.65. The molecule has 0 saturated carbocycles. The first-order chi connectivity index (χ1) is 22.4. The fourth-order valence-electron chi connectivity index (χ4n) is 6.09. The largest absolute Gasteiger partial charge is 0.497 e. The summed E-state index contributed by atoms with van der Waals surface area (Å²) in [6, 6.07) is 30.0. The zero-order valence-corrected chi connectivity index (χ0v) is 25.9. The molecular formula is C37H33FN4O4. The van der Waals surface area contributed by atoms with E-state index in [0.29, 0.717) is 58.4 Å². The van der Waals surface area contributed by atoms with Crippen LogP contribution in [0.15, 0.2) is 102 Å². The van der Waals surface area contributed by atoms with E-state index < -0.39 is 0 Å². The molecule has 9 heteroatoms. The Morgan fingerprint density at radius 2 is 1.61 bits per heavy atom. The summed E-state index contributed by atoms with van der Waals surface area (Å²) >= 11 is 0. The van der Waals surface area contributed by atoms with Crippen LogP contribution in [-0.4, -0.2) is 39.8 Å². The van der Waals surface area contributed by atoms with Crippen molar-refractivity contribution in [2.75, 3.05) is 21.0 Å². The minimum absolute atomic E-state index is 0.124. The van der Waals surface area contributed by atoms with Gasteiger partial charge >= 0.3 is 0 Å². The monoisotopic (exact) mass is 616 g/mol. The van der Waals surface area contributed by atoms with Gasteiger partial charge in [-0.2, -0.15) is 0 Å². The first-order valence-electron chi connectivity index (χ1n) is 15.1. The minimum atomic E-state index is -0.326. The zero-order chi connectivity index (χ0) is 31.8. The summed E-state index contributed by atoms with van der Waals surface area (Å²) in [5.74, 6) is 2.03. The van der Waals surface area contributed by atoms with Gasteiger partial charge in [-0.05, 0) is 67.6 Å². The molecular weight excluding hydrogens is 583 g/mol. The summed E-state index contributed by atoms with van der Waals surface area (Å²) < 4.78 is 35.3. The Labute approximate surface area is 265 Å². The molecule has 4 aromatic carbocycles. The number of methoxy groups -OCH3 is 1. The van der Waals surface area contributed by atoms with Gasteiger partial charge in [0.05, 0.1) is 30.6 Å². The van der Waals surface area contributed by atoms with E-state index in [1.807, 2.05) is 85.3 Å². The molecule has 6 aromatic rings. The van der Waals surface area contributed by atoms with Crippen molar-refractivity contribution in [1.82, 2.24) is 18.9 Å². The molecule has 0 saturated heterocycles. The smallest absolute Gasteiger partial charge is 0.267 e. The van der Waals surface area contributed by atoms with Gasteiger partial charge in [-0.3, -0.25) is 9.69 Å². The lowest BCUT2D eigenvalue weighted by atomic mass is 10.0. The Bertz CT molecular complexity index is 2110. The number of halogens is 1. The average Bonchev–Trinajstić information content (AvgIpc) is 3.69. The van der Waals surface area contributed by atoms with Gasteiger partial charge in [-0.25, -0.2) is 13.8 Å². The standard InChI is InChI=1S/C37H33FN4O4/c1-24-34(27-15-18-32-33(19-27)46-23-45-32)36(43)42-31(22-40(2)20-25-9-5-4-6-10-25)35(26-13-16-29(44-3)17-14-26)39-37(42)41(24)21-28-11-7-8-12-30(28)38/h4-19H,20-23H2,1-3H3. The number of hydrogen-bond donors (Lipinski definition) is 0. The van der Waals surface area contributed by atoms with E-state index in [9.17, 15) is 4.79 Å². The molecule has 0 bridgehead atoms. The maximum Gasteiger partial charge on any atom is 0.267 e. The molecule has 3 heterocycles. The number of benzene rings is 4. The number of aromatic nitrogens is 3. The predicted octanol–water partition coefficient (Wildman–Crippen LogP) is 6.70. The van der Waals surface area contributed by atoms with E-state index >= 15 is 4.39 Å². The Kier molecular flexibility index (Phi) is 7.76.